The fourth-order valence-corrected chi connectivity index (χ4v) is 1.80. The highest BCUT2D eigenvalue weighted by atomic mass is 16.1. The monoisotopic (exact) mass is 196 g/mol. The zero-order valence-electron chi connectivity index (χ0n) is 7.92. The molecular weight excluding hydrogens is 188 g/mol. The van der Waals surface area contributed by atoms with Gasteiger partial charge in [0.1, 0.15) is 5.52 Å². The number of aromatic nitrogens is 2. The van der Waals surface area contributed by atoms with Crippen molar-refractivity contribution in [2.24, 2.45) is 0 Å². The quantitative estimate of drug-likeness (QED) is 0.550. The molecule has 0 fully saturated rings. The number of fused-ring (bicyclic) bond motifs is 3. The molecule has 0 saturated heterocycles. The lowest BCUT2D eigenvalue weighted by atomic mass is 10.2. The number of hydrogen-bond acceptors (Lipinski definition) is 2. The molecule has 0 amide bonds. The van der Waals surface area contributed by atoms with Crippen LogP contribution in [0.2, 0.25) is 0 Å². The molecule has 0 N–H and O–H groups in total. The van der Waals surface area contributed by atoms with Crippen molar-refractivity contribution in [1.29, 1.82) is 0 Å². The smallest absolute Gasteiger partial charge is 0.293 e. The van der Waals surface area contributed by atoms with Gasteiger partial charge in [0.15, 0.2) is 0 Å². The summed E-state index contributed by atoms with van der Waals surface area (Å²) < 4.78 is 1.87. The second-order valence-corrected chi connectivity index (χ2v) is 3.38. The minimum atomic E-state index is -0.198. The molecule has 72 valence electrons. The third kappa shape index (κ3) is 1.13. The highest BCUT2D eigenvalue weighted by Crippen LogP contribution is 2.16. The lowest BCUT2D eigenvalue weighted by molar-refractivity contribution is 1.24. The van der Waals surface area contributed by atoms with Crippen LogP contribution in [0.1, 0.15) is 0 Å². The summed E-state index contributed by atoms with van der Waals surface area (Å²) in [6.07, 6.45) is 3.37. The molecule has 0 aliphatic heterocycles. The Hall–Kier alpha value is -2.16. The van der Waals surface area contributed by atoms with Crippen molar-refractivity contribution in [3.63, 3.8) is 0 Å². The normalized spacial score (nSPS) is 10.9. The highest BCUT2D eigenvalue weighted by Gasteiger charge is 2.02. The lowest BCUT2D eigenvalue weighted by Gasteiger charge is -1.90. The van der Waals surface area contributed by atoms with E-state index in [2.05, 4.69) is 4.98 Å². The van der Waals surface area contributed by atoms with Gasteiger partial charge in [-0.15, -0.1) is 0 Å². The van der Waals surface area contributed by atoms with Crippen molar-refractivity contribution in [2.45, 2.75) is 0 Å². The Morgan fingerprint density at radius 1 is 1.07 bits per heavy atom. The van der Waals surface area contributed by atoms with E-state index in [1.165, 1.54) is 6.20 Å². The number of benzene rings is 1. The largest absolute Gasteiger partial charge is 0.312 e. The Balaban J connectivity index is 2.70. The van der Waals surface area contributed by atoms with Crippen molar-refractivity contribution in [3.8, 4) is 0 Å². The number of para-hydroxylation sites is 1. The van der Waals surface area contributed by atoms with Gasteiger partial charge in [0.25, 0.3) is 5.56 Å². The van der Waals surface area contributed by atoms with Gasteiger partial charge in [0, 0.05) is 17.8 Å². The van der Waals surface area contributed by atoms with Crippen LogP contribution < -0.4 is 5.56 Å². The minimum absolute atomic E-state index is 0.198. The highest BCUT2D eigenvalue weighted by molar-refractivity contribution is 5.86. The molecule has 0 radical (unpaired) electrons. The van der Waals surface area contributed by atoms with Crippen LogP contribution in [0.3, 0.4) is 0 Å². The van der Waals surface area contributed by atoms with Crippen LogP contribution in [-0.4, -0.2) is 9.38 Å². The maximum absolute atomic E-state index is 11.6. The van der Waals surface area contributed by atoms with Gasteiger partial charge < -0.3 is 4.40 Å². The van der Waals surface area contributed by atoms with Gasteiger partial charge >= 0.3 is 0 Å². The van der Waals surface area contributed by atoms with Gasteiger partial charge in [0.05, 0.1) is 5.52 Å². The van der Waals surface area contributed by atoms with E-state index < -0.39 is 0 Å². The third-order valence-corrected chi connectivity index (χ3v) is 2.48. The summed E-state index contributed by atoms with van der Waals surface area (Å²) in [4.78, 5) is 15.4. The summed E-state index contributed by atoms with van der Waals surface area (Å²) in [7, 11) is 0. The van der Waals surface area contributed by atoms with E-state index in [1.807, 2.05) is 40.9 Å². The number of hydrogen-bond donors (Lipinski definition) is 0. The molecule has 3 heteroatoms. The van der Waals surface area contributed by atoms with Gasteiger partial charge in [-0.05, 0) is 18.2 Å². The fourth-order valence-electron chi connectivity index (χ4n) is 1.80. The molecule has 0 unspecified atom stereocenters. The Morgan fingerprint density at radius 2 is 1.93 bits per heavy atom. The molecule has 0 aliphatic carbocycles. The summed E-state index contributed by atoms with van der Waals surface area (Å²) >= 11 is 0. The SMILES string of the molecule is O=c1ncccn2c1cc1ccccc12. The predicted octanol–water partition coefficient (Wildman–Crippen LogP) is 1.85. The Morgan fingerprint density at radius 3 is 2.87 bits per heavy atom. The van der Waals surface area contributed by atoms with Crippen LogP contribution in [0.4, 0.5) is 0 Å². The molecule has 0 atom stereocenters. The van der Waals surface area contributed by atoms with Crippen LogP contribution in [0.25, 0.3) is 16.4 Å². The topological polar surface area (TPSA) is 34.4 Å². The molecular formula is C12H8N2O. The van der Waals surface area contributed by atoms with Crippen LogP contribution in [-0.2, 0) is 0 Å². The molecule has 0 bridgehead atoms. The van der Waals surface area contributed by atoms with Crippen molar-refractivity contribution in [1.82, 2.24) is 9.38 Å². The average Bonchev–Trinajstić information content (AvgIpc) is 2.54. The molecule has 15 heavy (non-hydrogen) atoms. The second kappa shape index (κ2) is 2.92. The first kappa shape index (κ1) is 8.17. The van der Waals surface area contributed by atoms with Crippen LogP contribution in [0.5, 0.6) is 0 Å². The van der Waals surface area contributed by atoms with Crippen LogP contribution >= 0.6 is 0 Å². The van der Waals surface area contributed by atoms with E-state index in [1.54, 1.807) is 6.07 Å². The van der Waals surface area contributed by atoms with E-state index in [0.29, 0.717) is 5.52 Å². The van der Waals surface area contributed by atoms with E-state index in [4.69, 9.17) is 0 Å². The van der Waals surface area contributed by atoms with Gasteiger partial charge in [-0.2, -0.15) is 0 Å². The lowest BCUT2D eigenvalue weighted by Crippen LogP contribution is -2.02. The van der Waals surface area contributed by atoms with E-state index in [9.17, 15) is 4.79 Å². The zero-order chi connectivity index (χ0) is 10.3. The molecule has 0 aliphatic rings. The second-order valence-electron chi connectivity index (χ2n) is 3.38. The molecule has 3 aromatic rings. The van der Waals surface area contributed by atoms with Gasteiger partial charge in [-0.1, -0.05) is 18.2 Å². The average molecular weight is 196 g/mol. The molecule has 3 rings (SSSR count). The summed E-state index contributed by atoms with van der Waals surface area (Å²) in [5, 5.41) is 1.06. The molecule has 1 aromatic carbocycles. The van der Waals surface area contributed by atoms with Gasteiger partial charge in [-0.25, -0.2) is 4.98 Å². The van der Waals surface area contributed by atoms with Gasteiger partial charge in [0.2, 0.25) is 0 Å². The van der Waals surface area contributed by atoms with E-state index in [-0.39, 0.29) is 5.56 Å². The molecule has 2 heterocycles. The number of nitrogens with zero attached hydrogens (tertiary/aromatic N) is 2. The van der Waals surface area contributed by atoms with Gasteiger partial charge in [-0.3, -0.25) is 4.79 Å². The molecule has 0 spiro atoms. The maximum Gasteiger partial charge on any atom is 0.293 e. The van der Waals surface area contributed by atoms with Crippen molar-refractivity contribution in [2.75, 3.05) is 0 Å². The molecule has 0 saturated carbocycles. The zero-order valence-corrected chi connectivity index (χ0v) is 7.92. The first-order valence-corrected chi connectivity index (χ1v) is 4.71. The molecule has 2 aromatic heterocycles. The van der Waals surface area contributed by atoms with E-state index in [0.717, 1.165) is 10.9 Å². The van der Waals surface area contributed by atoms with Crippen LogP contribution in [0, 0.1) is 0 Å². The summed E-state index contributed by atoms with van der Waals surface area (Å²) in [6, 6.07) is 11.5. The summed E-state index contributed by atoms with van der Waals surface area (Å²) in [5.74, 6) is 0. The molecule has 3 nitrogen and oxygen atoms in total. The predicted molar refractivity (Wildman–Crippen MR) is 59.0 cm³/mol. The first-order chi connectivity index (χ1) is 7.36. The van der Waals surface area contributed by atoms with Crippen molar-refractivity contribution in [3.05, 3.63) is 59.1 Å². The number of rotatable bonds is 0. The van der Waals surface area contributed by atoms with Crippen molar-refractivity contribution >= 4 is 16.4 Å². The minimum Gasteiger partial charge on any atom is -0.312 e. The first-order valence-electron chi connectivity index (χ1n) is 4.71. The Bertz CT molecular complexity index is 700. The summed E-state index contributed by atoms with van der Waals surface area (Å²) in [5.41, 5.74) is 1.44. The van der Waals surface area contributed by atoms with Crippen LogP contribution in [0.15, 0.2) is 53.6 Å². The Labute approximate surface area is 85.6 Å². The van der Waals surface area contributed by atoms with E-state index >= 15 is 0 Å². The van der Waals surface area contributed by atoms with Crippen molar-refractivity contribution < 1.29 is 0 Å². The maximum atomic E-state index is 11.6. The summed E-state index contributed by atoms with van der Waals surface area (Å²) in [6.45, 7) is 0. The Kier molecular flexibility index (Phi) is 1.59. The standard InChI is InChI=1S/C12H8N2O/c15-12-11-8-9-4-1-2-5-10(9)14(11)7-3-6-13-12/h1-8H. The third-order valence-electron chi connectivity index (χ3n) is 2.48. The fraction of sp³-hybridized carbons (Fsp3) is 0.